The maximum atomic E-state index is 13.3. The first kappa shape index (κ1) is 20.2. The van der Waals surface area contributed by atoms with Crippen LogP contribution in [0.25, 0.3) is 0 Å². The highest BCUT2D eigenvalue weighted by molar-refractivity contribution is 6.30. The lowest BCUT2D eigenvalue weighted by Gasteiger charge is -2.42. The van der Waals surface area contributed by atoms with Crippen LogP contribution in [0.5, 0.6) is 0 Å². The van der Waals surface area contributed by atoms with Gasteiger partial charge in [0.25, 0.3) is 5.91 Å². The number of unbranched alkanes of at least 4 members (excludes halogenated alkanes) is 1. The zero-order valence-corrected chi connectivity index (χ0v) is 16.8. The molecule has 2 atom stereocenters. The van der Waals surface area contributed by atoms with Gasteiger partial charge in [0.15, 0.2) is 0 Å². The van der Waals surface area contributed by atoms with Crippen molar-refractivity contribution in [2.75, 3.05) is 13.1 Å². The fourth-order valence-corrected chi connectivity index (χ4v) is 3.99. The van der Waals surface area contributed by atoms with Crippen molar-refractivity contribution in [3.8, 4) is 0 Å². The van der Waals surface area contributed by atoms with Crippen molar-refractivity contribution in [1.82, 2.24) is 10.2 Å². The van der Waals surface area contributed by atoms with Gasteiger partial charge in [-0.3, -0.25) is 9.59 Å². The Kier molecular flexibility index (Phi) is 6.53. The molecular weight excluding hydrogens is 372 g/mol. The highest BCUT2D eigenvalue weighted by Crippen LogP contribution is 2.43. The minimum absolute atomic E-state index is 0.0400. The topological polar surface area (TPSA) is 49.4 Å². The number of halogens is 1. The van der Waals surface area contributed by atoms with E-state index in [4.69, 9.17) is 11.6 Å². The van der Waals surface area contributed by atoms with E-state index < -0.39 is 12.0 Å². The molecule has 1 N–H and O–H groups in total. The summed E-state index contributed by atoms with van der Waals surface area (Å²) < 4.78 is 0. The number of benzene rings is 2. The molecule has 0 radical (unpaired) electrons. The second kappa shape index (κ2) is 9.07. The highest BCUT2D eigenvalue weighted by atomic mass is 35.5. The van der Waals surface area contributed by atoms with Crippen molar-refractivity contribution in [2.24, 2.45) is 0 Å². The number of carbonyl (C=O) groups excluding carboxylic acids is 2. The molecule has 0 spiro atoms. The molecule has 0 saturated heterocycles. The van der Waals surface area contributed by atoms with Crippen molar-refractivity contribution in [2.45, 2.75) is 31.7 Å². The number of amides is 2. The molecular formula is C23H25ClN2O2. The van der Waals surface area contributed by atoms with E-state index in [9.17, 15) is 9.59 Å². The summed E-state index contributed by atoms with van der Waals surface area (Å²) in [6.45, 7) is 6.74. The fraction of sp³-hybridized carbons (Fsp3) is 0.304. The molecule has 0 aromatic heterocycles. The van der Waals surface area contributed by atoms with Crippen LogP contribution in [0.3, 0.4) is 0 Å². The number of fused-ring (bicyclic) bond motifs is 1. The predicted molar refractivity (Wildman–Crippen MR) is 113 cm³/mol. The van der Waals surface area contributed by atoms with E-state index in [1.54, 1.807) is 18.2 Å². The molecule has 0 unspecified atom stereocenters. The van der Waals surface area contributed by atoms with Crippen LogP contribution in [0, 0.1) is 0 Å². The van der Waals surface area contributed by atoms with Gasteiger partial charge in [-0.2, -0.15) is 0 Å². The van der Waals surface area contributed by atoms with Crippen molar-refractivity contribution in [3.63, 3.8) is 0 Å². The maximum Gasteiger partial charge on any atom is 0.254 e. The first-order valence-corrected chi connectivity index (χ1v) is 10.00. The molecule has 5 heteroatoms. The molecule has 146 valence electrons. The molecule has 0 aliphatic carbocycles. The molecule has 1 aliphatic heterocycles. The van der Waals surface area contributed by atoms with Crippen LogP contribution >= 0.6 is 11.6 Å². The van der Waals surface area contributed by atoms with E-state index in [0.29, 0.717) is 23.7 Å². The van der Waals surface area contributed by atoms with Gasteiger partial charge in [0, 0.05) is 23.7 Å². The summed E-state index contributed by atoms with van der Waals surface area (Å²) in [5.41, 5.74) is 2.22. The Bertz CT molecular complexity index is 880. The highest BCUT2D eigenvalue weighted by Gasteiger charge is 2.43. The van der Waals surface area contributed by atoms with Crippen molar-refractivity contribution >= 4 is 23.4 Å². The van der Waals surface area contributed by atoms with Crippen molar-refractivity contribution < 1.29 is 9.59 Å². The SMILES string of the molecule is C=CCNC(=O)[C@H]1c2ccccc2C(=O)N(CCCC)[C@H]1c1cccc(Cl)c1. The van der Waals surface area contributed by atoms with Crippen molar-refractivity contribution in [3.05, 3.63) is 82.9 Å². The van der Waals surface area contributed by atoms with Crippen molar-refractivity contribution in [1.29, 1.82) is 0 Å². The lowest BCUT2D eigenvalue weighted by Crippen LogP contribution is -2.47. The van der Waals surface area contributed by atoms with Gasteiger partial charge in [-0.15, -0.1) is 6.58 Å². The smallest absolute Gasteiger partial charge is 0.254 e. The van der Waals surface area contributed by atoms with E-state index in [1.165, 1.54) is 0 Å². The molecule has 4 nitrogen and oxygen atoms in total. The molecule has 3 rings (SSSR count). The Morgan fingerprint density at radius 3 is 2.75 bits per heavy atom. The average Bonchev–Trinajstić information content (AvgIpc) is 2.71. The van der Waals surface area contributed by atoms with Gasteiger partial charge in [0.05, 0.1) is 12.0 Å². The molecule has 2 aromatic carbocycles. The summed E-state index contributed by atoms with van der Waals surface area (Å²) in [5.74, 6) is -0.669. The first-order valence-electron chi connectivity index (χ1n) is 9.62. The van der Waals surface area contributed by atoms with Gasteiger partial charge < -0.3 is 10.2 Å². The number of rotatable bonds is 7. The number of hydrogen-bond donors (Lipinski definition) is 1. The summed E-state index contributed by atoms with van der Waals surface area (Å²) in [6, 6.07) is 14.4. The third-order valence-electron chi connectivity index (χ3n) is 5.08. The predicted octanol–water partition coefficient (Wildman–Crippen LogP) is 4.72. The molecule has 1 heterocycles. The van der Waals surface area contributed by atoms with Crippen LogP contribution < -0.4 is 5.32 Å². The number of hydrogen-bond acceptors (Lipinski definition) is 2. The second-order valence-corrected chi connectivity index (χ2v) is 7.39. The largest absolute Gasteiger partial charge is 0.352 e. The third-order valence-corrected chi connectivity index (χ3v) is 5.32. The number of carbonyl (C=O) groups is 2. The molecule has 0 saturated carbocycles. The summed E-state index contributed by atoms with van der Waals surface area (Å²) in [7, 11) is 0. The van der Waals surface area contributed by atoms with Crippen LogP contribution in [0.2, 0.25) is 5.02 Å². The molecule has 1 aliphatic rings. The minimum Gasteiger partial charge on any atom is -0.352 e. The molecule has 2 amide bonds. The zero-order chi connectivity index (χ0) is 20.1. The van der Waals surface area contributed by atoms with Crippen LogP contribution in [0.1, 0.15) is 53.2 Å². The van der Waals surface area contributed by atoms with Gasteiger partial charge in [-0.25, -0.2) is 0 Å². The third kappa shape index (κ3) is 3.97. The van der Waals surface area contributed by atoms with E-state index in [-0.39, 0.29) is 11.8 Å². The Balaban J connectivity index is 2.16. The molecule has 0 bridgehead atoms. The Morgan fingerprint density at radius 1 is 1.25 bits per heavy atom. The number of nitrogens with zero attached hydrogens (tertiary/aromatic N) is 1. The summed E-state index contributed by atoms with van der Waals surface area (Å²) in [6.07, 6.45) is 3.48. The minimum atomic E-state index is -0.510. The summed E-state index contributed by atoms with van der Waals surface area (Å²) >= 11 is 6.25. The molecule has 2 aromatic rings. The average molecular weight is 397 g/mol. The van der Waals surface area contributed by atoms with Gasteiger partial charge >= 0.3 is 0 Å². The lowest BCUT2D eigenvalue weighted by molar-refractivity contribution is -0.124. The summed E-state index contributed by atoms with van der Waals surface area (Å²) in [5, 5.41) is 3.51. The maximum absolute atomic E-state index is 13.3. The van der Waals surface area contributed by atoms with E-state index in [0.717, 1.165) is 24.0 Å². The number of nitrogens with one attached hydrogen (secondary N) is 1. The Hall–Kier alpha value is -2.59. The quantitative estimate of drug-likeness (QED) is 0.688. The molecule has 0 fully saturated rings. The lowest BCUT2D eigenvalue weighted by atomic mass is 9.79. The van der Waals surface area contributed by atoms with Crippen LogP contribution in [0.4, 0.5) is 0 Å². The van der Waals surface area contributed by atoms with E-state index >= 15 is 0 Å². The summed E-state index contributed by atoms with van der Waals surface area (Å²) in [4.78, 5) is 28.3. The Morgan fingerprint density at radius 2 is 2.04 bits per heavy atom. The Labute approximate surface area is 171 Å². The first-order chi connectivity index (χ1) is 13.6. The fourth-order valence-electron chi connectivity index (χ4n) is 3.79. The molecule has 28 heavy (non-hydrogen) atoms. The normalized spacial score (nSPS) is 18.5. The van der Waals surface area contributed by atoms with Gasteiger partial charge in [0.1, 0.15) is 0 Å². The van der Waals surface area contributed by atoms with E-state index in [1.807, 2.05) is 41.3 Å². The van der Waals surface area contributed by atoms with Gasteiger partial charge in [-0.1, -0.05) is 61.4 Å². The zero-order valence-electron chi connectivity index (χ0n) is 16.0. The van der Waals surface area contributed by atoms with Gasteiger partial charge in [0.2, 0.25) is 5.91 Å². The second-order valence-electron chi connectivity index (χ2n) is 6.95. The van der Waals surface area contributed by atoms with Gasteiger partial charge in [-0.05, 0) is 35.7 Å². The van der Waals surface area contributed by atoms with Crippen LogP contribution in [-0.2, 0) is 4.79 Å². The standard InChI is InChI=1S/C23H25ClN2O2/c1-3-5-14-26-21(16-9-8-10-17(24)15-16)20(22(27)25-13-4-2)18-11-6-7-12-19(18)23(26)28/h4,6-12,15,20-21H,2-3,5,13-14H2,1H3,(H,25,27)/t20-,21-/m0/s1. The van der Waals surface area contributed by atoms with E-state index in [2.05, 4.69) is 18.8 Å². The van der Waals surface area contributed by atoms with Crippen LogP contribution in [-0.4, -0.2) is 29.8 Å². The monoisotopic (exact) mass is 396 g/mol. The van der Waals surface area contributed by atoms with Crippen LogP contribution in [0.15, 0.2) is 61.2 Å².